The van der Waals surface area contributed by atoms with Crippen molar-refractivity contribution < 1.29 is 14.2 Å². The highest BCUT2D eigenvalue weighted by Crippen LogP contribution is 2.40. The maximum Gasteiger partial charge on any atom is 0.261 e. The second-order valence-electron chi connectivity index (χ2n) is 6.55. The van der Waals surface area contributed by atoms with E-state index < -0.39 is 0 Å². The van der Waals surface area contributed by atoms with Gasteiger partial charge in [0, 0.05) is 11.8 Å². The highest BCUT2D eigenvalue weighted by atomic mass is 16.5. The molecule has 6 nitrogen and oxygen atoms in total. The minimum absolute atomic E-state index is 0.0716. The molecule has 3 aromatic rings. The molecule has 0 bridgehead atoms. The van der Waals surface area contributed by atoms with Gasteiger partial charge < -0.3 is 14.2 Å². The van der Waals surface area contributed by atoms with Crippen LogP contribution in [0.4, 0.5) is 0 Å². The molecule has 0 radical (unpaired) electrons. The summed E-state index contributed by atoms with van der Waals surface area (Å²) in [5, 5.41) is 0. The van der Waals surface area contributed by atoms with E-state index in [1.165, 1.54) is 0 Å². The van der Waals surface area contributed by atoms with Crippen LogP contribution in [0.5, 0.6) is 17.2 Å². The van der Waals surface area contributed by atoms with Gasteiger partial charge in [0.25, 0.3) is 5.56 Å². The smallest absolute Gasteiger partial charge is 0.261 e. The lowest BCUT2D eigenvalue weighted by molar-refractivity contribution is 0.324. The third-order valence-corrected chi connectivity index (χ3v) is 4.79. The Morgan fingerprint density at radius 1 is 1.07 bits per heavy atom. The molecule has 0 fully saturated rings. The predicted octanol–water partition coefficient (Wildman–Crippen LogP) is 3.90. The quantitative estimate of drug-likeness (QED) is 0.672. The first-order valence-electron chi connectivity index (χ1n) is 8.88. The lowest BCUT2D eigenvalue weighted by Crippen LogP contribution is -2.19. The Labute approximate surface area is 164 Å². The van der Waals surface area contributed by atoms with Crippen LogP contribution in [0, 0.1) is 13.8 Å². The van der Waals surface area contributed by atoms with Crippen LogP contribution in [0.15, 0.2) is 35.3 Å². The van der Waals surface area contributed by atoms with Gasteiger partial charge in [0.1, 0.15) is 5.65 Å². The first-order valence-corrected chi connectivity index (χ1v) is 8.88. The number of methoxy groups -OCH3 is 3. The maximum absolute atomic E-state index is 12.7. The van der Waals surface area contributed by atoms with Crippen molar-refractivity contribution in [3.63, 3.8) is 0 Å². The van der Waals surface area contributed by atoms with Crippen LogP contribution in [0.1, 0.15) is 29.3 Å². The summed E-state index contributed by atoms with van der Waals surface area (Å²) in [4.78, 5) is 17.5. The summed E-state index contributed by atoms with van der Waals surface area (Å²) in [5.74, 6) is 1.68. The Morgan fingerprint density at radius 3 is 2.29 bits per heavy atom. The molecular formula is C22H24N2O4. The van der Waals surface area contributed by atoms with Crippen LogP contribution in [0.25, 0.3) is 17.3 Å². The number of ether oxygens (including phenoxy) is 3. The maximum atomic E-state index is 12.7. The van der Waals surface area contributed by atoms with Crippen LogP contribution in [-0.4, -0.2) is 30.7 Å². The molecule has 1 aromatic carbocycles. The highest BCUT2D eigenvalue weighted by Gasteiger charge is 2.15. The van der Waals surface area contributed by atoms with Crippen molar-refractivity contribution in [3.8, 4) is 17.2 Å². The lowest BCUT2D eigenvalue weighted by atomic mass is 10.0. The van der Waals surface area contributed by atoms with Gasteiger partial charge in [0.05, 0.1) is 27.0 Å². The van der Waals surface area contributed by atoms with E-state index in [0.29, 0.717) is 34.2 Å². The SMILES string of the molecule is COc1cc(C(C)=Cc2nc3c(C)cccn3c(=O)c2C)cc(OC)c1OC. The molecule has 146 valence electrons. The van der Waals surface area contributed by atoms with Crippen molar-refractivity contribution in [2.75, 3.05) is 21.3 Å². The summed E-state index contributed by atoms with van der Waals surface area (Å²) in [7, 11) is 4.73. The first kappa shape index (κ1) is 19.5. The predicted molar refractivity (Wildman–Crippen MR) is 111 cm³/mol. The fraction of sp³-hybridized carbons (Fsp3) is 0.273. The molecule has 2 aromatic heterocycles. The van der Waals surface area contributed by atoms with Gasteiger partial charge in [-0.05, 0) is 61.7 Å². The van der Waals surface area contributed by atoms with Crippen molar-refractivity contribution in [1.82, 2.24) is 9.38 Å². The van der Waals surface area contributed by atoms with Gasteiger partial charge in [-0.1, -0.05) is 6.07 Å². The second-order valence-corrected chi connectivity index (χ2v) is 6.55. The minimum Gasteiger partial charge on any atom is -0.493 e. The van der Waals surface area contributed by atoms with Crippen molar-refractivity contribution in [2.24, 2.45) is 0 Å². The van der Waals surface area contributed by atoms with E-state index in [4.69, 9.17) is 19.2 Å². The molecule has 28 heavy (non-hydrogen) atoms. The van der Waals surface area contributed by atoms with Crippen LogP contribution in [-0.2, 0) is 0 Å². The number of fused-ring (bicyclic) bond motifs is 1. The van der Waals surface area contributed by atoms with E-state index in [1.807, 2.05) is 44.2 Å². The molecule has 0 spiro atoms. The zero-order valence-corrected chi connectivity index (χ0v) is 17.0. The number of pyridine rings is 1. The summed E-state index contributed by atoms with van der Waals surface area (Å²) in [6, 6.07) is 7.54. The zero-order valence-electron chi connectivity index (χ0n) is 17.0. The first-order chi connectivity index (χ1) is 13.4. The minimum atomic E-state index is -0.0716. The van der Waals surface area contributed by atoms with Crippen molar-refractivity contribution in [1.29, 1.82) is 0 Å². The van der Waals surface area contributed by atoms with E-state index in [0.717, 1.165) is 16.7 Å². The average Bonchev–Trinajstić information content (AvgIpc) is 2.71. The Morgan fingerprint density at radius 2 is 1.71 bits per heavy atom. The Bertz CT molecular complexity index is 1100. The largest absolute Gasteiger partial charge is 0.493 e. The molecule has 0 unspecified atom stereocenters. The lowest BCUT2D eigenvalue weighted by Gasteiger charge is -2.14. The monoisotopic (exact) mass is 380 g/mol. The number of benzene rings is 1. The van der Waals surface area contributed by atoms with E-state index in [-0.39, 0.29) is 5.56 Å². The molecule has 0 aliphatic rings. The Kier molecular flexibility index (Phi) is 5.40. The summed E-state index contributed by atoms with van der Waals surface area (Å²) < 4.78 is 17.8. The fourth-order valence-corrected chi connectivity index (χ4v) is 3.14. The summed E-state index contributed by atoms with van der Waals surface area (Å²) >= 11 is 0. The van der Waals surface area contributed by atoms with Gasteiger partial charge in [-0.25, -0.2) is 4.98 Å². The number of allylic oxidation sites excluding steroid dienone is 1. The number of hydrogen-bond donors (Lipinski definition) is 0. The van der Waals surface area contributed by atoms with Gasteiger partial charge >= 0.3 is 0 Å². The average molecular weight is 380 g/mol. The third kappa shape index (κ3) is 3.33. The van der Waals surface area contributed by atoms with Crippen LogP contribution >= 0.6 is 0 Å². The molecule has 0 aliphatic carbocycles. The second kappa shape index (κ2) is 7.76. The van der Waals surface area contributed by atoms with E-state index in [2.05, 4.69) is 0 Å². The van der Waals surface area contributed by atoms with Gasteiger partial charge in [-0.15, -0.1) is 0 Å². The van der Waals surface area contributed by atoms with E-state index >= 15 is 0 Å². The molecule has 0 atom stereocenters. The molecule has 0 amide bonds. The molecule has 2 heterocycles. The normalized spacial score (nSPS) is 11.6. The number of hydrogen-bond acceptors (Lipinski definition) is 5. The molecule has 3 rings (SSSR count). The number of aryl methyl sites for hydroxylation is 1. The van der Waals surface area contributed by atoms with Gasteiger partial charge in [-0.2, -0.15) is 0 Å². The summed E-state index contributed by atoms with van der Waals surface area (Å²) in [6.45, 7) is 5.69. The van der Waals surface area contributed by atoms with Gasteiger partial charge in [0.2, 0.25) is 5.75 Å². The van der Waals surface area contributed by atoms with Crippen LogP contribution < -0.4 is 19.8 Å². The Hall–Kier alpha value is -3.28. The summed E-state index contributed by atoms with van der Waals surface area (Å²) in [6.07, 6.45) is 3.65. The topological polar surface area (TPSA) is 62.1 Å². The molecule has 0 saturated heterocycles. The molecule has 0 aliphatic heterocycles. The van der Waals surface area contributed by atoms with Gasteiger partial charge in [-0.3, -0.25) is 9.20 Å². The standard InChI is InChI=1S/C22H24N2O4/c1-13-8-7-9-24-21(13)23-17(15(3)22(24)25)10-14(2)16-11-18(26-4)20(28-6)19(12-16)27-5/h7-12H,1-6H3. The van der Waals surface area contributed by atoms with Crippen LogP contribution in [0.2, 0.25) is 0 Å². The Balaban J connectivity index is 2.18. The highest BCUT2D eigenvalue weighted by molar-refractivity contribution is 5.82. The number of rotatable bonds is 5. The molecule has 6 heteroatoms. The molecule has 0 N–H and O–H groups in total. The van der Waals surface area contributed by atoms with E-state index in [9.17, 15) is 4.79 Å². The summed E-state index contributed by atoms with van der Waals surface area (Å²) in [5.41, 5.74) is 4.58. The fourth-order valence-electron chi connectivity index (χ4n) is 3.14. The molecule has 0 saturated carbocycles. The number of nitrogens with zero attached hydrogens (tertiary/aromatic N) is 2. The van der Waals surface area contributed by atoms with Crippen LogP contribution in [0.3, 0.4) is 0 Å². The van der Waals surface area contributed by atoms with Gasteiger partial charge in [0.15, 0.2) is 11.5 Å². The van der Waals surface area contributed by atoms with Crippen molar-refractivity contribution >= 4 is 17.3 Å². The van der Waals surface area contributed by atoms with E-state index in [1.54, 1.807) is 38.9 Å². The zero-order chi connectivity index (χ0) is 20.4. The van der Waals surface area contributed by atoms with Crippen molar-refractivity contribution in [2.45, 2.75) is 20.8 Å². The number of aromatic nitrogens is 2. The van der Waals surface area contributed by atoms with Crippen molar-refractivity contribution in [3.05, 3.63) is 63.2 Å². The third-order valence-electron chi connectivity index (χ3n) is 4.79. The molecular weight excluding hydrogens is 356 g/mol.